The standard InChI is InChI=1S/C48H76O18/c1-21-28(50)30(52)33(55)39(61-21)64-36-32(54)35(57)41(65-37(36)38(58)59)63-27-12-13-45(6)25(44(27,4)5)11-14-47(8)26(45)10-9-22-23-19-43(2,3)15-17-48(23,18-16-46(22,47)7)42(60)66-40-34(56)31(53)29(51)24(20-49)62-40/h9,21,23-37,39-41,49-57H,10-20H2,1-8H3,(H,58,59)/t21-,23-,24+,25-,26+,27-,28-,29+,30+,31-,32+,33+,34+,35+,36-,37-,39-,40-,41+,45-,46+,47+,48-/m0/s1. The Labute approximate surface area is 386 Å². The summed E-state index contributed by atoms with van der Waals surface area (Å²) in [5.74, 6) is -1.78. The SMILES string of the molecule is C[C@@H]1O[C@@H](O[C@H]2[C@H](O)[C@@H](O)[C@H](O[C@H]3CC[C@]4(C)[C@H]5CC=C6[C@@H]7CC(C)(C)CC[C@]7(C(=O)O[C@@H]7O[C@H](CO)[C@@H](O)[C@H](O)[C@H]7O)CC[C@@]6(C)[C@]5(C)CC[C@H]4C3(C)C)O[C@@H]2C(=O)O)[C@H](O)[C@H](O)[C@H]1O. The molecule has 8 rings (SSSR count). The van der Waals surface area contributed by atoms with Crippen LogP contribution in [0.2, 0.25) is 0 Å². The molecule has 0 aromatic rings. The number of hydrogen-bond acceptors (Lipinski definition) is 17. The minimum absolute atomic E-state index is 0.0659. The zero-order valence-corrected chi connectivity index (χ0v) is 39.6. The molecule has 23 atom stereocenters. The summed E-state index contributed by atoms with van der Waals surface area (Å²) in [6, 6.07) is 0. The Morgan fingerprint density at radius 3 is 1.97 bits per heavy atom. The number of carbonyl (C=O) groups is 2. The fraction of sp³-hybridized carbons (Fsp3) is 0.917. The Bertz CT molecular complexity index is 1860. The maximum absolute atomic E-state index is 14.7. The van der Waals surface area contributed by atoms with Crippen molar-refractivity contribution >= 4 is 11.9 Å². The molecule has 0 amide bonds. The van der Waals surface area contributed by atoms with Gasteiger partial charge in [0.2, 0.25) is 6.29 Å². The molecular formula is C48H76O18. The second kappa shape index (κ2) is 17.5. The number of ether oxygens (including phenoxy) is 6. The highest BCUT2D eigenvalue weighted by molar-refractivity contribution is 5.79. The molecule has 5 aliphatic carbocycles. The summed E-state index contributed by atoms with van der Waals surface area (Å²) in [6.45, 7) is 16.7. The van der Waals surface area contributed by atoms with E-state index in [4.69, 9.17) is 28.4 Å². The van der Waals surface area contributed by atoms with Crippen molar-refractivity contribution in [3.63, 3.8) is 0 Å². The predicted molar refractivity (Wildman–Crippen MR) is 229 cm³/mol. The van der Waals surface area contributed by atoms with E-state index in [2.05, 4.69) is 54.5 Å². The first-order chi connectivity index (χ1) is 30.7. The highest BCUT2D eigenvalue weighted by atomic mass is 16.7. The molecule has 4 saturated carbocycles. The Hall–Kier alpha value is -1.88. The van der Waals surface area contributed by atoms with Crippen LogP contribution >= 0.6 is 0 Å². The highest BCUT2D eigenvalue weighted by Gasteiger charge is 2.70. The number of esters is 1. The van der Waals surface area contributed by atoms with Gasteiger partial charge in [0.25, 0.3) is 0 Å². The lowest BCUT2D eigenvalue weighted by Crippen LogP contribution is -2.67. The van der Waals surface area contributed by atoms with E-state index in [-0.39, 0.29) is 39.4 Å². The predicted octanol–water partition coefficient (Wildman–Crippen LogP) is 1.26. The van der Waals surface area contributed by atoms with Crippen LogP contribution in [0.5, 0.6) is 0 Å². The molecule has 0 bridgehead atoms. The zero-order valence-electron chi connectivity index (χ0n) is 39.6. The lowest BCUT2D eigenvalue weighted by Gasteiger charge is -2.71. The smallest absolute Gasteiger partial charge is 0.335 e. The molecular weight excluding hydrogens is 865 g/mol. The number of carboxylic acids is 1. The molecule has 0 aromatic carbocycles. The number of allylic oxidation sites excluding steroid dienone is 2. The van der Waals surface area contributed by atoms with E-state index in [1.807, 2.05) is 0 Å². The Morgan fingerprint density at radius 1 is 0.682 bits per heavy atom. The van der Waals surface area contributed by atoms with Crippen LogP contribution in [-0.2, 0) is 38.0 Å². The lowest BCUT2D eigenvalue weighted by atomic mass is 9.33. The molecule has 18 heteroatoms. The second-order valence-corrected chi connectivity index (χ2v) is 23.5. The van der Waals surface area contributed by atoms with E-state index in [9.17, 15) is 60.7 Å². The van der Waals surface area contributed by atoms with Crippen LogP contribution in [0.1, 0.15) is 120 Å². The molecule has 8 aliphatic rings. The van der Waals surface area contributed by atoms with Gasteiger partial charge in [-0.15, -0.1) is 0 Å². The molecule has 0 aromatic heterocycles. The van der Waals surface area contributed by atoms with Gasteiger partial charge in [0.05, 0.1) is 24.2 Å². The summed E-state index contributed by atoms with van der Waals surface area (Å²) >= 11 is 0. The second-order valence-electron chi connectivity index (χ2n) is 23.5. The van der Waals surface area contributed by atoms with Gasteiger partial charge in [-0.05, 0) is 116 Å². The molecule has 0 spiro atoms. The fourth-order valence-corrected chi connectivity index (χ4v) is 15.0. The van der Waals surface area contributed by atoms with Gasteiger partial charge in [-0.2, -0.15) is 0 Å². The minimum Gasteiger partial charge on any atom is -0.479 e. The number of aliphatic carboxylic acids is 1. The average Bonchev–Trinajstić information content (AvgIpc) is 3.25. The third kappa shape index (κ3) is 7.74. The molecule has 18 nitrogen and oxygen atoms in total. The van der Waals surface area contributed by atoms with Crippen molar-refractivity contribution in [2.75, 3.05) is 6.61 Å². The van der Waals surface area contributed by atoms with E-state index in [1.165, 1.54) is 12.5 Å². The molecule has 0 radical (unpaired) electrons. The van der Waals surface area contributed by atoms with Gasteiger partial charge in [-0.1, -0.05) is 60.1 Å². The van der Waals surface area contributed by atoms with Crippen LogP contribution in [0, 0.1) is 50.2 Å². The van der Waals surface area contributed by atoms with E-state index in [0.29, 0.717) is 19.3 Å². The molecule has 3 saturated heterocycles. The van der Waals surface area contributed by atoms with Gasteiger partial charge in [-0.25, -0.2) is 4.79 Å². The Balaban J connectivity index is 1.01. The van der Waals surface area contributed by atoms with Gasteiger partial charge in [-0.3, -0.25) is 4.79 Å². The van der Waals surface area contributed by atoms with Gasteiger partial charge in [0.1, 0.15) is 61.0 Å². The number of carbonyl (C=O) groups excluding carboxylic acids is 1. The van der Waals surface area contributed by atoms with Gasteiger partial charge >= 0.3 is 11.9 Å². The lowest BCUT2D eigenvalue weighted by molar-refractivity contribution is -0.361. The number of carboxylic acid groups (broad SMARTS) is 1. The Morgan fingerprint density at radius 2 is 1.30 bits per heavy atom. The van der Waals surface area contributed by atoms with E-state index >= 15 is 0 Å². The van der Waals surface area contributed by atoms with Crippen LogP contribution in [0.3, 0.4) is 0 Å². The highest BCUT2D eigenvalue weighted by Crippen LogP contribution is 2.76. The van der Waals surface area contributed by atoms with Crippen molar-refractivity contribution in [3.05, 3.63) is 11.6 Å². The molecule has 10 N–H and O–H groups in total. The van der Waals surface area contributed by atoms with E-state index < -0.39 is 128 Å². The summed E-state index contributed by atoms with van der Waals surface area (Å²) in [7, 11) is 0. The van der Waals surface area contributed by atoms with Crippen molar-refractivity contribution in [1.82, 2.24) is 0 Å². The van der Waals surface area contributed by atoms with Crippen LogP contribution in [0.4, 0.5) is 0 Å². The normalized spacial score (nSPS) is 53.2. The van der Waals surface area contributed by atoms with Crippen LogP contribution in [0.25, 0.3) is 0 Å². The third-order valence-electron chi connectivity index (χ3n) is 19.2. The molecule has 0 unspecified atom stereocenters. The van der Waals surface area contributed by atoms with Crippen LogP contribution in [0.15, 0.2) is 11.6 Å². The van der Waals surface area contributed by atoms with Crippen molar-refractivity contribution in [2.45, 2.75) is 218 Å². The summed E-state index contributed by atoms with van der Waals surface area (Å²) < 4.78 is 35.2. The summed E-state index contributed by atoms with van der Waals surface area (Å²) in [5.41, 5.74) is -0.814. The first-order valence-corrected chi connectivity index (χ1v) is 24.2. The number of aliphatic hydroxyl groups excluding tert-OH is 9. The Kier molecular flexibility index (Phi) is 13.4. The molecule has 3 heterocycles. The molecule has 3 aliphatic heterocycles. The van der Waals surface area contributed by atoms with Crippen molar-refractivity contribution in [2.24, 2.45) is 50.2 Å². The first kappa shape index (κ1) is 50.5. The third-order valence-corrected chi connectivity index (χ3v) is 19.2. The van der Waals surface area contributed by atoms with E-state index in [0.717, 1.165) is 44.9 Å². The fourth-order valence-electron chi connectivity index (χ4n) is 15.0. The van der Waals surface area contributed by atoms with Gasteiger partial charge in [0.15, 0.2) is 18.7 Å². The number of fused-ring (bicyclic) bond motifs is 7. The molecule has 7 fully saturated rings. The monoisotopic (exact) mass is 941 g/mol. The topological polar surface area (TPSA) is 292 Å². The summed E-state index contributed by atoms with van der Waals surface area (Å²) in [4.78, 5) is 27.2. The summed E-state index contributed by atoms with van der Waals surface area (Å²) in [6.07, 6.45) is -14.8. The van der Waals surface area contributed by atoms with Crippen molar-refractivity contribution < 1.29 is 89.1 Å². The van der Waals surface area contributed by atoms with Gasteiger partial charge in [0, 0.05) is 0 Å². The number of rotatable bonds is 8. The average molecular weight is 941 g/mol. The maximum atomic E-state index is 14.7. The quantitative estimate of drug-likeness (QED) is 0.0931. The van der Waals surface area contributed by atoms with Crippen LogP contribution < -0.4 is 0 Å². The molecule has 66 heavy (non-hydrogen) atoms. The van der Waals surface area contributed by atoms with Crippen molar-refractivity contribution in [3.8, 4) is 0 Å². The van der Waals surface area contributed by atoms with Crippen molar-refractivity contribution in [1.29, 1.82) is 0 Å². The largest absolute Gasteiger partial charge is 0.479 e. The zero-order chi connectivity index (χ0) is 48.4. The minimum atomic E-state index is -1.85. The van der Waals surface area contributed by atoms with Crippen LogP contribution in [-0.4, -0.2) is 168 Å². The van der Waals surface area contributed by atoms with E-state index in [1.54, 1.807) is 0 Å². The maximum Gasteiger partial charge on any atom is 0.335 e. The summed E-state index contributed by atoms with van der Waals surface area (Å²) in [5, 5.41) is 105. The first-order valence-electron chi connectivity index (χ1n) is 24.2. The van der Waals surface area contributed by atoms with Gasteiger partial charge < -0.3 is 79.5 Å². The number of hydrogen-bond donors (Lipinski definition) is 10. The number of aliphatic hydroxyl groups is 9. The molecule has 376 valence electrons.